The van der Waals surface area contributed by atoms with Crippen molar-refractivity contribution in [3.63, 3.8) is 0 Å². The summed E-state index contributed by atoms with van der Waals surface area (Å²) in [5, 5.41) is 5.24. The molecule has 0 atom stereocenters. The van der Waals surface area contributed by atoms with Gasteiger partial charge >= 0.3 is 0 Å². The molecule has 0 spiro atoms. The molecule has 1 aromatic carbocycles. The molecule has 0 unspecified atom stereocenters. The van der Waals surface area contributed by atoms with Crippen LogP contribution in [0.25, 0.3) is 11.3 Å². The summed E-state index contributed by atoms with van der Waals surface area (Å²) < 4.78 is 0.962. The van der Waals surface area contributed by atoms with Crippen LogP contribution < -0.4 is 10.6 Å². The van der Waals surface area contributed by atoms with E-state index >= 15 is 0 Å². The van der Waals surface area contributed by atoms with E-state index < -0.39 is 0 Å². The van der Waals surface area contributed by atoms with Crippen molar-refractivity contribution in [2.75, 3.05) is 11.9 Å². The van der Waals surface area contributed by atoms with Crippen LogP contribution in [0.3, 0.4) is 0 Å². The van der Waals surface area contributed by atoms with Gasteiger partial charge in [0.25, 0.3) is 0 Å². The van der Waals surface area contributed by atoms with Crippen molar-refractivity contribution in [2.24, 2.45) is 5.92 Å². The predicted molar refractivity (Wildman–Crippen MR) is 97.4 cm³/mol. The molecule has 0 aliphatic rings. The Morgan fingerprint density at radius 3 is 2.79 bits per heavy atom. The fraction of sp³-hybridized carbons (Fsp3) is 0.353. The highest BCUT2D eigenvalue weighted by Crippen LogP contribution is 2.22. The van der Waals surface area contributed by atoms with Crippen LogP contribution in [0.4, 0.5) is 5.95 Å². The second-order valence-corrected chi connectivity index (χ2v) is 6.83. The first-order valence-electron chi connectivity index (χ1n) is 7.81. The molecule has 2 rings (SSSR count). The third-order valence-corrected chi connectivity index (χ3v) is 3.86. The minimum Gasteiger partial charge on any atom is -0.347 e. The van der Waals surface area contributed by atoms with E-state index in [1.807, 2.05) is 24.3 Å². The topological polar surface area (TPSA) is 86.9 Å². The van der Waals surface area contributed by atoms with E-state index in [-0.39, 0.29) is 18.4 Å². The minimum atomic E-state index is -0.317. The van der Waals surface area contributed by atoms with Crippen LogP contribution in [-0.2, 0) is 9.59 Å². The molecule has 6 nitrogen and oxygen atoms in total. The maximum absolute atomic E-state index is 11.9. The Kier molecular flexibility index (Phi) is 6.54. The molecular weight excluding hydrogens is 372 g/mol. The Labute approximate surface area is 149 Å². The van der Waals surface area contributed by atoms with Crippen LogP contribution in [0.2, 0.25) is 0 Å². The van der Waals surface area contributed by atoms with E-state index in [1.54, 1.807) is 6.20 Å². The van der Waals surface area contributed by atoms with E-state index in [0.29, 0.717) is 18.3 Å². The predicted octanol–water partition coefficient (Wildman–Crippen LogP) is 3.33. The van der Waals surface area contributed by atoms with E-state index in [2.05, 4.69) is 50.4 Å². The van der Waals surface area contributed by atoms with E-state index in [1.165, 1.54) is 0 Å². The van der Waals surface area contributed by atoms with Crippen molar-refractivity contribution in [3.8, 4) is 11.3 Å². The van der Waals surface area contributed by atoms with Crippen molar-refractivity contribution < 1.29 is 9.59 Å². The zero-order valence-corrected chi connectivity index (χ0v) is 15.3. The Morgan fingerprint density at radius 1 is 1.29 bits per heavy atom. The number of halogens is 1. The second-order valence-electron chi connectivity index (χ2n) is 5.91. The maximum atomic E-state index is 11.9. The molecule has 0 fully saturated rings. The molecule has 128 valence electrons. The molecule has 3 N–H and O–H groups in total. The first kappa shape index (κ1) is 18.2. The van der Waals surface area contributed by atoms with Crippen LogP contribution in [0.15, 0.2) is 34.9 Å². The van der Waals surface area contributed by atoms with Crippen LogP contribution in [-0.4, -0.2) is 28.3 Å². The number of hydrogen-bond acceptors (Lipinski definition) is 3. The van der Waals surface area contributed by atoms with E-state index in [9.17, 15) is 9.59 Å². The van der Waals surface area contributed by atoms with Gasteiger partial charge in [-0.1, -0.05) is 41.9 Å². The Hall–Kier alpha value is -2.15. The number of aromatic amines is 1. The van der Waals surface area contributed by atoms with Gasteiger partial charge in [-0.25, -0.2) is 4.98 Å². The van der Waals surface area contributed by atoms with E-state index in [4.69, 9.17) is 0 Å². The van der Waals surface area contributed by atoms with Crippen LogP contribution >= 0.6 is 15.9 Å². The molecule has 0 saturated heterocycles. The Balaban J connectivity index is 1.83. The van der Waals surface area contributed by atoms with Gasteiger partial charge in [0.05, 0.1) is 18.4 Å². The molecule has 2 aromatic rings. The van der Waals surface area contributed by atoms with Gasteiger partial charge in [0.15, 0.2) is 0 Å². The van der Waals surface area contributed by atoms with Crippen molar-refractivity contribution in [1.29, 1.82) is 0 Å². The maximum Gasteiger partial charge on any atom is 0.246 e. The van der Waals surface area contributed by atoms with Gasteiger partial charge in [-0.15, -0.1) is 0 Å². The molecule has 7 heteroatoms. The van der Waals surface area contributed by atoms with Gasteiger partial charge in [0.1, 0.15) is 0 Å². The average molecular weight is 393 g/mol. The standard InChI is InChI=1S/C17H21BrN4O2/c1-11(2)6-7-15(23)19-10-16(24)22-17-20-9-14(21-17)12-4-3-5-13(18)8-12/h3-5,8-9,11H,6-7,10H2,1-2H3,(H,19,23)(H2,20,21,22,24). The summed E-state index contributed by atoms with van der Waals surface area (Å²) in [6.07, 6.45) is 2.89. The third kappa shape index (κ3) is 5.81. The second kappa shape index (κ2) is 8.63. The number of carbonyl (C=O) groups is 2. The zero-order chi connectivity index (χ0) is 17.5. The molecule has 0 bridgehead atoms. The number of amides is 2. The molecule has 0 aliphatic carbocycles. The lowest BCUT2D eigenvalue weighted by Gasteiger charge is -2.06. The third-order valence-electron chi connectivity index (χ3n) is 3.36. The van der Waals surface area contributed by atoms with Gasteiger partial charge < -0.3 is 10.3 Å². The largest absolute Gasteiger partial charge is 0.347 e. The van der Waals surface area contributed by atoms with Crippen LogP contribution in [0, 0.1) is 5.92 Å². The van der Waals surface area contributed by atoms with Crippen molar-refractivity contribution in [1.82, 2.24) is 15.3 Å². The molecule has 1 heterocycles. The lowest BCUT2D eigenvalue weighted by Crippen LogP contribution is -2.33. The fourth-order valence-corrected chi connectivity index (χ4v) is 2.45. The number of H-pyrrole nitrogens is 1. The normalized spacial score (nSPS) is 10.7. The van der Waals surface area contributed by atoms with Gasteiger partial charge in [-0.2, -0.15) is 0 Å². The first-order chi connectivity index (χ1) is 11.4. The summed E-state index contributed by atoms with van der Waals surface area (Å²) in [6, 6.07) is 7.75. The smallest absolute Gasteiger partial charge is 0.246 e. The number of imidazole rings is 1. The number of rotatable bonds is 7. The van der Waals surface area contributed by atoms with E-state index in [0.717, 1.165) is 22.2 Å². The van der Waals surface area contributed by atoms with Gasteiger partial charge in [-0.05, 0) is 24.5 Å². The molecule has 2 amide bonds. The van der Waals surface area contributed by atoms with Gasteiger partial charge in [0.2, 0.25) is 17.8 Å². The molecular formula is C17H21BrN4O2. The number of nitrogens with zero attached hydrogens (tertiary/aromatic N) is 1. The zero-order valence-electron chi connectivity index (χ0n) is 13.7. The van der Waals surface area contributed by atoms with Crippen molar-refractivity contribution in [3.05, 3.63) is 34.9 Å². The quantitative estimate of drug-likeness (QED) is 0.675. The van der Waals surface area contributed by atoms with Crippen molar-refractivity contribution in [2.45, 2.75) is 26.7 Å². The highest BCUT2D eigenvalue weighted by atomic mass is 79.9. The van der Waals surface area contributed by atoms with Crippen LogP contribution in [0.5, 0.6) is 0 Å². The summed E-state index contributed by atoms with van der Waals surface area (Å²) >= 11 is 3.42. The SMILES string of the molecule is CC(C)CCC(=O)NCC(=O)Nc1ncc(-c2cccc(Br)c2)[nH]1. The monoisotopic (exact) mass is 392 g/mol. The molecule has 0 radical (unpaired) electrons. The number of carbonyl (C=O) groups excluding carboxylic acids is 2. The summed E-state index contributed by atoms with van der Waals surface area (Å²) in [5.41, 5.74) is 1.76. The molecule has 24 heavy (non-hydrogen) atoms. The summed E-state index contributed by atoms with van der Waals surface area (Å²) in [6.45, 7) is 4.05. The van der Waals surface area contributed by atoms with Crippen LogP contribution in [0.1, 0.15) is 26.7 Å². The molecule has 0 saturated carbocycles. The number of aromatic nitrogens is 2. The summed E-state index contributed by atoms with van der Waals surface area (Å²) in [4.78, 5) is 30.6. The number of anilines is 1. The minimum absolute atomic E-state index is 0.0656. The fourth-order valence-electron chi connectivity index (χ4n) is 2.05. The highest BCUT2D eigenvalue weighted by Gasteiger charge is 2.09. The number of nitrogens with one attached hydrogen (secondary N) is 3. The summed E-state index contributed by atoms with van der Waals surface area (Å²) in [5.74, 6) is 0.381. The lowest BCUT2D eigenvalue weighted by molar-refractivity contribution is -0.124. The van der Waals surface area contributed by atoms with Crippen molar-refractivity contribution >= 4 is 33.7 Å². The summed E-state index contributed by atoms with van der Waals surface area (Å²) in [7, 11) is 0. The number of benzene rings is 1. The first-order valence-corrected chi connectivity index (χ1v) is 8.61. The number of hydrogen-bond donors (Lipinski definition) is 3. The Morgan fingerprint density at radius 2 is 2.08 bits per heavy atom. The van der Waals surface area contributed by atoms with Gasteiger partial charge in [0, 0.05) is 16.5 Å². The average Bonchev–Trinajstić information content (AvgIpc) is 2.99. The lowest BCUT2D eigenvalue weighted by atomic mass is 10.1. The highest BCUT2D eigenvalue weighted by molar-refractivity contribution is 9.10. The Bertz CT molecular complexity index is 712. The van der Waals surface area contributed by atoms with Gasteiger partial charge in [-0.3, -0.25) is 14.9 Å². The molecule has 1 aromatic heterocycles. The molecule has 0 aliphatic heterocycles.